The van der Waals surface area contributed by atoms with Crippen molar-refractivity contribution in [3.8, 4) is 5.75 Å². The predicted octanol–water partition coefficient (Wildman–Crippen LogP) is 4.96. The molecule has 0 radical (unpaired) electrons. The van der Waals surface area contributed by atoms with E-state index in [2.05, 4.69) is 57.7 Å². The van der Waals surface area contributed by atoms with Gasteiger partial charge in [0.1, 0.15) is 22.2 Å². The van der Waals surface area contributed by atoms with Crippen molar-refractivity contribution in [2.24, 2.45) is 0 Å². The average Bonchev–Trinajstić information content (AvgIpc) is 3.05. The average molecular weight is 345 g/mol. The lowest BCUT2D eigenvalue weighted by Gasteiger charge is -2.10. The van der Waals surface area contributed by atoms with Crippen molar-refractivity contribution in [1.82, 2.24) is 4.40 Å². The van der Waals surface area contributed by atoms with Gasteiger partial charge in [-0.05, 0) is 37.3 Å². The lowest BCUT2D eigenvalue weighted by molar-refractivity contribution is -0.684. The molecule has 1 fully saturated rings. The zero-order chi connectivity index (χ0) is 16.8. The molecule has 1 aliphatic carbocycles. The van der Waals surface area contributed by atoms with E-state index in [0.717, 1.165) is 16.4 Å². The Balaban J connectivity index is 2.06. The summed E-state index contributed by atoms with van der Waals surface area (Å²) in [6.07, 6.45) is 2.37. The third kappa shape index (κ3) is 1.58. The van der Waals surface area contributed by atoms with Crippen molar-refractivity contribution in [1.29, 1.82) is 0 Å². The summed E-state index contributed by atoms with van der Waals surface area (Å²) in [5.41, 5.74) is 3.69. The van der Waals surface area contributed by atoms with Crippen LogP contribution >= 0.6 is 11.3 Å². The first-order chi connectivity index (χ1) is 12.2. The summed E-state index contributed by atoms with van der Waals surface area (Å²) >= 11 is 1.79. The topological polar surface area (TPSA) is 28.5 Å². The summed E-state index contributed by atoms with van der Waals surface area (Å²) in [4.78, 5) is 1.29. The van der Waals surface area contributed by atoms with E-state index in [0.29, 0.717) is 5.75 Å². The zero-order valence-corrected chi connectivity index (χ0v) is 14.7. The van der Waals surface area contributed by atoms with Crippen LogP contribution in [-0.2, 0) is 5.54 Å². The van der Waals surface area contributed by atoms with Crippen LogP contribution < -0.4 is 4.57 Å². The normalized spacial score (nSPS) is 16.4. The van der Waals surface area contributed by atoms with Gasteiger partial charge in [-0.25, -0.2) is 4.57 Å². The molecular formula is C21H17N2OS+. The Morgan fingerprint density at radius 2 is 1.80 bits per heavy atom. The fraction of sp³-hybridized carbons (Fsp3) is 0.190. The van der Waals surface area contributed by atoms with Crippen LogP contribution in [0.4, 0.5) is 0 Å². The lowest BCUT2D eigenvalue weighted by atomic mass is 10.0. The van der Waals surface area contributed by atoms with Crippen molar-refractivity contribution < 1.29 is 9.67 Å². The van der Waals surface area contributed by atoms with Gasteiger partial charge in [0.2, 0.25) is 4.83 Å². The van der Waals surface area contributed by atoms with Gasteiger partial charge in [-0.1, -0.05) is 41.7 Å². The number of phenolic OH excluding ortho intramolecular Hbond substituents is 1. The van der Waals surface area contributed by atoms with Crippen molar-refractivity contribution in [2.75, 3.05) is 0 Å². The fourth-order valence-electron chi connectivity index (χ4n) is 4.21. The largest absolute Gasteiger partial charge is 0.507 e. The van der Waals surface area contributed by atoms with Gasteiger partial charge < -0.3 is 5.11 Å². The molecule has 2 aromatic carbocycles. The molecule has 1 N–H and O–H groups in total. The molecule has 0 amide bonds. The van der Waals surface area contributed by atoms with Crippen LogP contribution in [0, 0.1) is 0 Å². The Hall–Kier alpha value is -2.59. The first kappa shape index (κ1) is 13.7. The molecule has 122 valence electrons. The highest BCUT2D eigenvalue weighted by Crippen LogP contribution is 2.44. The Bertz CT molecular complexity index is 1320. The number of aromatic hydroxyl groups is 1. The number of nitrogens with zero attached hydrogens (tertiary/aromatic N) is 2. The number of thiophene rings is 1. The van der Waals surface area contributed by atoms with Gasteiger partial charge in [0.25, 0.3) is 0 Å². The molecule has 3 heterocycles. The number of aromatic nitrogens is 2. The van der Waals surface area contributed by atoms with E-state index < -0.39 is 0 Å². The molecule has 0 saturated heterocycles. The van der Waals surface area contributed by atoms with Gasteiger partial charge in [-0.15, -0.1) is 0 Å². The molecule has 4 heteroatoms. The van der Waals surface area contributed by atoms with E-state index in [4.69, 9.17) is 0 Å². The van der Waals surface area contributed by atoms with Crippen molar-refractivity contribution in [3.05, 3.63) is 53.9 Å². The van der Waals surface area contributed by atoms with Gasteiger partial charge in [0.05, 0.1) is 0 Å². The van der Waals surface area contributed by atoms with Gasteiger partial charge in [0, 0.05) is 16.8 Å². The maximum absolute atomic E-state index is 10.8. The van der Waals surface area contributed by atoms with Crippen molar-refractivity contribution >= 4 is 49.0 Å². The molecule has 0 spiro atoms. The second-order valence-corrected chi connectivity index (χ2v) is 8.21. The van der Waals surface area contributed by atoms with E-state index in [-0.39, 0.29) is 5.54 Å². The highest BCUT2D eigenvalue weighted by molar-refractivity contribution is 7.16. The van der Waals surface area contributed by atoms with Crippen LogP contribution in [0.3, 0.4) is 0 Å². The highest BCUT2D eigenvalue weighted by atomic mass is 32.1. The molecule has 5 aromatic rings. The SMILES string of the molecule is CC1([n+]2c3sccc3n3c4ccccc4c4cccc(O)c4c32)CC1. The number of para-hydroxylation sites is 1. The van der Waals surface area contributed by atoms with E-state index >= 15 is 0 Å². The summed E-state index contributed by atoms with van der Waals surface area (Å²) < 4.78 is 4.81. The van der Waals surface area contributed by atoms with Crippen LogP contribution in [0.25, 0.3) is 37.7 Å². The first-order valence-electron chi connectivity index (χ1n) is 8.66. The second kappa shape index (κ2) is 4.33. The minimum absolute atomic E-state index is 0.148. The molecule has 0 atom stereocenters. The molecule has 3 aromatic heterocycles. The number of rotatable bonds is 1. The summed E-state index contributed by atoms with van der Waals surface area (Å²) in [7, 11) is 0. The van der Waals surface area contributed by atoms with Gasteiger partial charge in [0.15, 0.2) is 5.52 Å². The zero-order valence-electron chi connectivity index (χ0n) is 13.9. The number of phenols is 1. The van der Waals surface area contributed by atoms with E-state index in [1.54, 1.807) is 17.4 Å². The van der Waals surface area contributed by atoms with E-state index in [1.165, 1.54) is 34.1 Å². The molecule has 1 saturated carbocycles. The minimum Gasteiger partial charge on any atom is -0.507 e. The Morgan fingerprint density at radius 1 is 1.00 bits per heavy atom. The lowest BCUT2D eigenvalue weighted by Crippen LogP contribution is -2.44. The van der Waals surface area contributed by atoms with Crippen LogP contribution in [0.2, 0.25) is 0 Å². The Kier molecular flexibility index (Phi) is 2.37. The molecule has 0 unspecified atom stereocenters. The first-order valence-corrected chi connectivity index (χ1v) is 9.54. The molecular weight excluding hydrogens is 328 g/mol. The highest BCUT2D eigenvalue weighted by Gasteiger charge is 2.48. The molecule has 3 nitrogen and oxygen atoms in total. The van der Waals surface area contributed by atoms with Crippen LogP contribution in [0.15, 0.2) is 53.9 Å². The smallest absolute Gasteiger partial charge is 0.300 e. The number of hydrogen-bond donors (Lipinski definition) is 1. The van der Waals surface area contributed by atoms with Crippen molar-refractivity contribution in [2.45, 2.75) is 25.3 Å². The molecule has 25 heavy (non-hydrogen) atoms. The molecule has 1 aliphatic rings. The molecule has 0 bridgehead atoms. The molecule has 6 rings (SSSR count). The maximum Gasteiger partial charge on any atom is 0.300 e. The second-order valence-electron chi connectivity index (χ2n) is 7.32. The predicted molar refractivity (Wildman–Crippen MR) is 103 cm³/mol. The summed E-state index contributed by atoms with van der Waals surface area (Å²) in [5.74, 6) is 0.358. The standard InChI is InChI=1S/C21H16N2OS/c1-21(10-11-21)23-19-18-14(6-4-8-17(18)24)13-5-2-3-7-15(13)22(19)16-9-12-25-20(16)23/h2-9,12H,10-11H2,1H3/p+1. The van der Waals surface area contributed by atoms with Crippen molar-refractivity contribution in [3.63, 3.8) is 0 Å². The third-order valence-electron chi connectivity index (χ3n) is 5.71. The summed E-state index contributed by atoms with van der Waals surface area (Å²) in [6.45, 7) is 2.33. The third-order valence-corrected chi connectivity index (χ3v) is 6.59. The van der Waals surface area contributed by atoms with Crippen LogP contribution in [-0.4, -0.2) is 9.51 Å². The van der Waals surface area contributed by atoms with Gasteiger partial charge in [-0.3, -0.25) is 0 Å². The Morgan fingerprint density at radius 3 is 2.64 bits per heavy atom. The maximum atomic E-state index is 10.8. The van der Waals surface area contributed by atoms with Crippen LogP contribution in [0.5, 0.6) is 5.75 Å². The van der Waals surface area contributed by atoms with Crippen LogP contribution in [0.1, 0.15) is 19.8 Å². The van der Waals surface area contributed by atoms with Gasteiger partial charge in [-0.2, -0.15) is 4.40 Å². The minimum atomic E-state index is 0.148. The number of benzene rings is 2. The summed E-state index contributed by atoms with van der Waals surface area (Å²) in [6, 6.07) is 16.6. The van der Waals surface area contributed by atoms with Gasteiger partial charge >= 0.3 is 5.65 Å². The van der Waals surface area contributed by atoms with E-state index in [1.807, 2.05) is 6.07 Å². The summed E-state index contributed by atoms with van der Waals surface area (Å²) in [5, 5.41) is 16.2. The number of hydrogen-bond acceptors (Lipinski definition) is 2. The number of fused-ring (bicyclic) bond motifs is 8. The molecule has 0 aliphatic heterocycles. The fourth-order valence-corrected chi connectivity index (χ4v) is 5.23. The number of imidazole rings is 1. The van der Waals surface area contributed by atoms with E-state index in [9.17, 15) is 5.11 Å². The quantitative estimate of drug-likeness (QED) is 0.337. The number of pyridine rings is 1. The monoisotopic (exact) mass is 345 g/mol. The Labute approximate surface area is 148 Å².